The lowest BCUT2D eigenvalue weighted by molar-refractivity contribution is -0.140. The minimum Gasteiger partial charge on any atom is -0.505 e. The van der Waals surface area contributed by atoms with Crippen LogP contribution in [0.25, 0.3) is 10.4 Å². The summed E-state index contributed by atoms with van der Waals surface area (Å²) in [6.07, 6.45) is -1.36. The van der Waals surface area contributed by atoms with E-state index in [1.54, 1.807) is 25.1 Å². The van der Waals surface area contributed by atoms with Gasteiger partial charge in [-0.2, -0.15) is 0 Å². The number of guanidine groups is 1. The van der Waals surface area contributed by atoms with Crippen molar-refractivity contribution >= 4 is 23.2 Å². The monoisotopic (exact) mass is 349 g/mol. The molecule has 0 fully saturated rings. The Morgan fingerprint density at radius 1 is 1.38 bits per heavy atom. The van der Waals surface area contributed by atoms with Gasteiger partial charge in [-0.15, -0.1) is 11.3 Å². The van der Waals surface area contributed by atoms with Gasteiger partial charge in [0.1, 0.15) is 5.54 Å². The molecule has 2 heterocycles. The lowest BCUT2D eigenvalue weighted by Gasteiger charge is -2.36. The molecule has 0 spiro atoms. The maximum absolute atomic E-state index is 13.2. The van der Waals surface area contributed by atoms with Gasteiger partial charge in [-0.3, -0.25) is 9.69 Å². The summed E-state index contributed by atoms with van der Waals surface area (Å²) >= 11 is 1.29. The molecule has 24 heavy (non-hydrogen) atoms. The van der Waals surface area contributed by atoms with E-state index in [2.05, 4.69) is 4.99 Å². The van der Waals surface area contributed by atoms with Crippen LogP contribution in [0.3, 0.4) is 0 Å². The molecule has 1 aliphatic heterocycles. The van der Waals surface area contributed by atoms with Crippen LogP contribution in [0, 0.1) is 5.82 Å². The predicted molar refractivity (Wildman–Crippen MR) is 89.1 cm³/mol. The Morgan fingerprint density at radius 2 is 2.08 bits per heavy atom. The number of carbonyl (C=O) groups is 1. The summed E-state index contributed by atoms with van der Waals surface area (Å²) in [5.41, 5.74) is 5.20. The summed E-state index contributed by atoms with van der Waals surface area (Å²) in [4.78, 5) is 18.9. The van der Waals surface area contributed by atoms with E-state index in [1.807, 2.05) is 0 Å². The fraction of sp³-hybridized carbons (Fsp3) is 0.250. The number of phenolic OH excluding ortho intramolecular Hbond substituents is 1. The number of nitrogens with two attached hydrogens (primary N) is 1. The van der Waals surface area contributed by atoms with Crippen LogP contribution in [0.5, 0.6) is 5.75 Å². The molecule has 2 atom stereocenters. The zero-order valence-electron chi connectivity index (χ0n) is 13.0. The average Bonchev–Trinajstić information content (AvgIpc) is 3.04. The SMILES string of the molecule is CN1C(=O)[C@H](O)[C@@](C)(c2ccc(-c3ccc(F)c(O)c3)s2)N=C1N. The Morgan fingerprint density at radius 3 is 2.75 bits per heavy atom. The van der Waals surface area contributed by atoms with E-state index in [1.165, 1.54) is 30.5 Å². The van der Waals surface area contributed by atoms with Crippen LogP contribution in [-0.2, 0) is 10.3 Å². The smallest absolute Gasteiger partial charge is 0.260 e. The maximum Gasteiger partial charge on any atom is 0.260 e. The first-order valence-corrected chi connectivity index (χ1v) is 7.96. The fourth-order valence-electron chi connectivity index (χ4n) is 2.53. The number of benzene rings is 1. The summed E-state index contributed by atoms with van der Waals surface area (Å²) in [5, 5.41) is 19.9. The third kappa shape index (κ3) is 2.44. The van der Waals surface area contributed by atoms with E-state index < -0.39 is 29.1 Å². The van der Waals surface area contributed by atoms with Crippen molar-refractivity contribution in [2.24, 2.45) is 10.7 Å². The highest BCUT2D eigenvalue weighted by Crippen LogP contribution is 2.40. The quantitative estimate of drug-likeness (QED) is 0.767. The van der Waals surface area contributed by atoms with Crippen molar-refractivity contribution in [2.45, 2.75) is 18.6 Å². The van der Waals surface area contributed by atoms with Crippen LogP contribution in [0.15, 0.2) is 35.3 Å². The number of aliphatic imine (C=N–C) groups is 1. The molecule has 1 aromatic carbocycles. The van der Waals surface area contributed by atoms with Crippen molar-refractivity contribution in [1.82, 2.24) is 4.90 Å². The third-order valence-corrected chi connectivity index (χ3v) is 5.48. The zero-order chi connectivity index (χ0) is 17.6. The van der Waals surface area contributed by atoms with Crippen molar-refractivity contribution in [1.29, 1.82) is 0 Å². The molecular weight excluding hydrogens is 333 g/mol. The summed E-state index contributed by atoms with van der Waals surface area (Å²) in [6, 6.07) is 7.54. The Bertz CT molecular complexity index is 851. The number of hydrogen-bond acceptors (Lipinski definition) is 6. The Labute approximate surface area is 141 Å². The molecule has 0 unspecified atom stereocenters. The zero-order valence-corrected chi connectivity index (χ0v) is 13.8. The molecule has 0 aliphatic carbocycles. The lowest BCUT2D eigenvalue weighted by atomic mass is 9.91. The summed E-state index contributed by atoms with van der Waals surface area (Å²) in [5.74, 6) is -1.64. The maximum atomic E-state index is 13.2. The fourth-order valence-corrected chi connectivity index (χ4v) is 3.65. The first-order chi connectivity index (χ1) is 11.2. The predicted octanol–water partition coefficient (Wildman–Crippen LogP) is 1.62. The van der Waals surface area contributed by atoms with Crippen LogP contribution in [0.1, 0.15) is 11.8 Å². The standard InChI is InChI=1S/C16H16FN3O3S/c1-16(13(22)14(23)20(2)15(18)19-16)12-6-5-11(24-12)8-3-4-9(17)10(21)7-8/h3-7,13,21-22H,1-2H3,(H2,18,19)/t13-,16+/m0/s1. The molecule has 6 nitrogen and oxygen atoms in total. The van der Waals surface area contributed by atoms with E-state index in [-0.39, 0.29) is 5.96 Å². The number of aromatic hydroxyl groups is 1. The highest BCUT2D eigenvalue weighted by Gasteiger charge is 2.46. The molecule has 1 amide bonds. The van der Waals surface area contributed by atoms with Gasteiger partial charge >= 0.3 is 0 Å². The second kappa shape index (κ2) is 5.57. The van der Waals surface area contributed by atoms with Gasteiger partial charge in [0, 0.05) is 16.8 Å². The molecule has 0 saturated carbocycles. The average molecular weight is 349 g/mol. The Balaban J connectivity index is 2.03. The molecule has 0 saturated heterocycles. The molecule has 0 radical (unpaired) electrons. The minimum absolute atomic E-state index is 0.0298. The third-order valence-electron chi connectivity index (χ3n) is 4.12. The van der Waals surface area contributed by atoms with Crippen LogP contribution in [0.4, 0.5) is 4.39 Å². The number of amides is 1. The van der Waals surface area contributed by atoms with Gasteiger partial charge in [-0.25, -0.2) is 9.38 Å². The van der Waals surface area contributed by atoms with Crippen LogP contribution in [0.2, 0.25) is 0 Å². The molecule has 0 bridgehead atoms. The van der Waals surface area contributed by atoms with Crippen molar-refractivity contribution < 1.29 is 19.4 Å². The van der Waals surface area contributed by atoms with Gasteiger partial charge in [0.2, 0.25) is 0 Å². The lowest BCUT2D eigenvalue weighted by Crippen LogP contribution is -2.56. The second-order valence-corrected chi connectivity index (χ2v) is 6.83. The number of nitrogens with zero attached hydrogens (tertiary/aromatic N) is 2. The topological polar surface area (TPSA) is 99.2 Å². The highest BCUT2D eigenvalue weighted by atomic mass is 32.1. The molecule has 1 aliphatic rings. The Hall–Kier alpha value is -2.45. The van der Waals surface area contributed by atoms with Gasteiger partial charge < -0.3 is 15.9 Å². The van der Waals surface area contributed by atoms with Crippen LogP contribution < -0.4 is 5.73 Å². The first-order valence-electron chi connectivity index (χ1n) is 7.14. The highest BCUT2D eigenvalue weighted by molar-refractivity contribution is 7.15. The van der Waals surface area contributed by atoms with Gasteiger partial charge in [0.05, 0.1) is 0 Å². The number of likely N-dealkylation sites (N-methyl/N-ethyl adjacent to an activating group) is 1. The summed E-state index contributed by atoms with van der Waals surface area (Å²) in [7, 11) is 1.45. The number of thiophene rings is 1. The number of aliphatic hydroxyl groups excluding tert-OH is 1. The van der Waals surface area contributed by atoms with Crippen LogP contribution >= 0.6 is 11.3 Å². The second-order valence-electron chi connectivity index (χ2n) is 5.75. The number of hydrogen-bond donors (Lipinski definition) is 3. The summed E-state index contributed by atoms with van der Waals surface area (Å²) < 4.78 is 13.2. The minimum atomic E-state index is -1.36. The number of rotatable bonds is 2. The molecular formula is C16H16FN3O3S. The van der Waals surface area contributed by atoms with Gasteiger partial charge in [0.25, 0.3) is 5.91 Å². The van der Waals surface area contributed by atoms with Crippen molar-refractivity contribution in [2.75, 3.05) is 7.05 Å². The summed E-state index contributed by atoms with van der Waals surface area (Å²) in [6.45, 7) is 1.63. The van der Waals surface area contributed by atoms with Crippen LogP contribution in [-0.4, -0.2) is 40.1 Å². The molecule has 126 valence electrons. The van der Waals surface area contributed by atoms with E-state index in [0.717, 1.165) is 9.78 Å². The normalized spacial score (nSPS) is 24.2. The van der Waals surface area contributed by atoms with Crippen molar-refractivity contribution in [3.63, 3.8) is 0 Å². The Kier molecular flexibility index (Phi) is 3.81. The molecule has 3 rings (SSSR count). The molecule has 4 N–H and O–H groups in total. The molecule has 2 aromatic rings. The molecule has 8 heteroatoms. The van der Waals surface area contributed by atoms with E-state index in [9.17, 15) is 19.4 Å². The molecule has 1 aromatic heterocycles. The van der Waals surface area contributed by atoms with Crippen molar-refractivity contribution in [3.05, 3.63) is 41.0 Å². The first kappa shape index (κ1) is 16.4. The van der Waals surface area contributed by atoms with E-state index >= 15 is 0 Å². The van der Waals surface area contributed by atoms with Crippen molar-refractivity contribution in [3.8, 4) is 16.2 Å². The number of carbonyl (C=O) groups excluding carboxylic acids is 1. The number of phenols is 1. The van der Waals surface area contributed by atoms with E-state index in [4.69, 9.17) is 5.73 Å². The van der Waals surface area contributed by atoms with Gasteiger partial charge in [-0.1, -0.05) is 6.07 Å². The van der Waals surface area contributed by atoms with Gasteiger partial charge in [0.15, 0.2) is 23.6 Å². The number of halogens is 1. The number of aliphatic hydroxyl groups is 1. The largest absolute Gasteiger partial charge is 0.505 e. The van der Waals surface area contributed by atoms with E-state index in [0.29, 0.717) is 10.4 Å². The van der Waals surface area contributed by atoms with Gasteiger partial charge in [-0.05, 0) is 36.8 Å².